The molecular weight excluding hydrogens is 355 g/mol. The normalized spacial score (nSPS) is 10.5. The summed E-state index contributed by atoms with van der Waals surface area (Å²) in [6.07, 6.45) is 0.619. The second-order valence-electron chi connectivity index (χ2n) is 6.41. The molecule has 28 heavy (non-hydrogen) atoms. The lowest BCUT2D eigenvalue weighted by molar-refractivity contribution is 0.0949. The van der Waals surface area contributed by atoms with Gasteiger partial charge in [0, 0.05) is 24.5 Å². The number of hydrogen-bond acceptors (Lipinski definition) is 4. The minimum absolute atomic E-state index is 0.252. The Morgan fingerprint density at radius 1 is 1.07 bits per heavy atom. The lowest BCUT2D eigenvalue weighted by atomic mass is 10.1. The van der Waals surface area contributed by atoms with Gasteiger partial charge in [-0.05, 0) is 56.2 Å². The Hall–Kier alpha value is -3.28. The molecule has 1 aromatic heterocycles. The minimum Gasteiger partial charge on any atom is -0.350 e. The van der Waals surface area contributed by atoms with Gasteiger partial charge in [-0.1, -0.05) is 30.3 Å². The van der Waals surface area contributed by atoms with Crippen molar-refractivity contribution in [2.45, 2.75) is 20.3 Å². The molecule has 144 valence electrons. The van der Waals surface area contributed by atoms with Crippen molar-refractivity contribution >= 4 is 17.5 Å². The van der Waals surface area contributed by atoms with Crippen molar-refractivity contribution in [2.75, 3.05) is 18.0 Å². The fourth-order valence-electron chi connectivity index (χ4n) is 2.90. The molecule has 0 aliphatic rings. The summed E-state index contributed by atoms with van der Waals surface area (Å²) in [6.45, 7) is 4.98. The third-order valence-corrected chi connectivity index (χ3v) is 4.31. The number of rotatable bonds is 7. The Bertz CT molecular complexity index is 929. The number of nitrogens with zero attached hydrogens (tertiary/aromatic N) is 3. The molecule has 0 saturated heterocycles. The summed E-state index contributed by atoms with van der Waals surface area (Å²) < 4.78 is 13.0. The van der Waals surface area contributed by atoms with E-state index >= 15 is 0 Å². The molecule has 0 radical (unpaired) electrons. The Balaban J connectivity index is 1.71. The van der Waals surface area contributed by atoms with Gasteiger partial charge >= 0.3 is 0 Å². The molecule has 0 aliphatic heterocycles. The van der Waals surface area contributed by atoms with Crippen LogP contribution in [0.15, 0.2) is 60.7 Å². The van der Waals surface area contributed by atoms with Gasteiger partial charge in [-0.25, -0.2) is 14.4 Å². The molecule has 0 aliphatic carbocycles. The van der Waals surface area contributed by atoms with Crippen LogP contribution >= 0.6 is 0 Å². The second-order valence-corrected chi connectivity index (χ2v) is 6.41. The van der Waals surface area contributed by atoms with Gasteiger partial charge in [-0.2, -0.15) is 0 Å². The number of aryl methyl sites for hydroxylation is 1. The van der Waals surface area contributed by atoms with Crippen LogP contribution in [0.2, 0.25) is 0 Å². The van der Waals surface area contributed by atoms with Gasteiger partial charge in [-0.3, -0.25) is 4.79 Å². The lowest BCUT2D eigenvalue weighted by Gasteiger charge is -2.21. The summed E-state index contributed by atoms with van der Waals surface area (Å²) in [5.41, 5.74) is 2.99. The number of halogens is 1. The first kappa shape index (κ1) is 19.5. The lowest BCUT2D eigenvalue weighted by Crippen LogP contribution is -2.28. The quantitative estimate of drug-likeness (QED) is 0.674. The van der Waals surface area contributed by atoms with E-state index in [0.29, 0.717) is 31.2 Å². The van der Waals surface area contributed by atoms with Crippen molar-refractivity contribution in [3.63, 3.8) is 0 Å². The zero-order valence-corrected chi connectivity index (χ0v) is 16.0. The zero-order valence-electron chi connectivity index (χ0n) is 16.0. The molecule has 2 aromatic carbocycles. The van der Waals surface area contributed by atoms with E-state index in [1.165, 1.54) is 12.1 Å². The molecule has 5 nitrogen and oxygen atoms in total. The highest BCUT2D eigenvalue weighted by atomic mass is 19.1. The number of anilines is 2. The van der Waals surface area contributed by atoms with E-state index in [4.69, 9.17) is 0 Å². The number of para-hydroxylation sites is 1. The number of carbonyl (C=O) groups excluding carboxylic acids is 1. The van der Waals surface area contributed by atoms with Gasteiger partial charge in [0.25, 0.3) is 5.91 Å². The molecule has 0 unspecified atom stereocenters. The third kappa shape index (κ3) is 4.91. The van der Waals surface area contributed by atoms with Crippen LogP contribution in [0.1, 0.15) is 28.7 Å². The highest BCUT2D eigenvalue weighted by molar-refractivity contribution is 5.92. The average Bonchev–Trinajstić information content (AvgIpc) is 2.70. The molecule has 0 bridgehead atoms. The Morgan fingerprint density at radius 2 is 1.79 bits per heavy atom. The van der Waals surface area contributed by atoms with Crippen LogP contribution < -0.4 is 10.2 Å². The number of aromatic nitrogens is 2. The third-order valence-electron chi connectivity index (χ3n) is 4.31. The second kappa shape index (κ2) is 9.08. The molecule has 1 N–H and O–H groups in total. The number of nitrogens with one attached hydrogen (secondary N) is 1. The molecule has 6 heteroatoms. The van der Waals surface area contributed by atoms with Crippen LogP contribution in [-0.4, -0.2) is 29.0 Å². The first-order valence-electron chi connectivity index (χ1n) is 9.27. The summed E-state index contributed by atoms with van der Waals surface area (Å²) in [6, 6.07) is 17.8. The van der Waals surface area contributed by atoms with Crippen molar-refractivity contribution in [3.05, 3.63) is 83.4 Å². The van der Waals surface area contributed by atoms with E-state index in [9.17, 15) is 9.18 Å². The fourth-order valence-corrected chi connectivity index (χ4v) is 2.90. The monoisotopic (exact) mass is 378 g/mol. The van der Waals surface area contributed by atoms with Crippen LogP contribution in [0, 0.1) is 12.7 Å². The van der Waals surface area contributed by atoms with Crippen molar-refractivity contribution in [3.8, 4) is 0 Å². The molecule has 3 aromatic rings. The van der Waals surface area contributed by atoms with Gasteiger partial charge < -0.3 is 10.2 Å². The maximum absolute atomic E-state index is 13.0. The minimum atomic E-state index is -0.268. The highest BCUT2D eigenvalue weighted by Gasteiger charge is 2.15. The molecule has 0 spiro atoms. The summed E-state index contributed by atoms with van der Waals surface area (Å²) in [4.78, 5) is 23.5. The van der Waals surface area contributed by atoms with E-state index in [2.05, 4.69) is 15.3 Å². The SMILES string of the molecule is CCN(c1ccccc1)c1nc(C)cc(C(=O)NCCc2ccc(F)cc2)n1. The molecule has 0 fully saturated rings. The van der Waals surface area contributed by atoms with Gasteiger partial charge in [0.2, 0.25) is 5.95 Å². The molecule has 1 amide bonds. The summed E-state index contributed by atoms with van der Waals surface area (Å²) in [5, 5.41) is 2.87. The van der Waals surface area contributed by atoms with Crippen molar-refractivity contribution in [1.29, 1.82) is 0 Å². The van der Waals surface area contributed by atoms with Crippen LogP contribution in [-0.2, 0) is 6.42 Å². The highest BCUT2D eigenvalue weighted by Crippen LogP contribution is 2.21. The van der Waals surface area contributed by atoms with Crippen LogP contribution in [0.5, 0.6) is 0 Å². The predicted octanol–water partition coefficient (Wildman–Crippen LogP) is 4.05. The topological polar surface area (TPSA) is 58.1 Å². The molecule has 0 atom stereocenters. The van der Waals surface area contributed by atoms with Crippen molar-refractivity contribution in [1.82, 2.24) is 15.3 Å². The smallest absolute Gasteiger partial charge is 0.270 e. The van der Waals surface area contributed by atoms with Gasteiger partial charge in [-0.15, -0.1) is 0 Å². The maximum atomic E-state index is 13.0. The van der Waals surface area contributed by atoms with Crippen LogP contribution in [0.25, 0.3) is 0 Å². The standard InChI is InChI=1S/C22H23FN4O/c1-3-27(19-7-5-4-6-8-19)22-25-16(2)15-20(26-22)21(28)24-14-13-17-9-11-18(23)12-10-17/h4-12,15H,3,13-14H2,1-2H3,(H,24,28). The van der Waals surface area contributed by atoms with E-state index in [-0.39, 0.29) is 11.7 Å². The Morgan fingerprint density at radius 3 is 2.46 bits per heavy atom. The van der Waals surface area contributed by atoms with E-state index in [1.807, 2.05) is 49.1 Å². The Kier molecular flexibility index (Phi) is 6.32. The van der Waals surface area contributed by atoms with Crippen LogP contribution in [0.3, 0.4) is 0 Å². The first-order valence-corrected chi connectivity index (χ1v) is 9.27. The van der Waals surface area contributed by atoms with E-state index in [1.54, 1.807) is 18.2 Å². The number of carbonyl (C=O) groups is 1. The zero-order chi connectivity index (χ0) is 19.9. The van der Waals surface area contributed by atoms with Gasteiger partial charge in [0.1, 0.15) is 11.5 Å². The van der Waals surface area contributed by atoms with Crippen LogP contribution in [0.4, 0.5) is 16.0 Å². The first-order chi connectivity index (χ1) is 13.6. The van der Waals surface area contributed by atoms with E-state index in [0.717, 1.165) is 16.9 Å². The summed E-state index contributed by atoms with van der Waals surface area (Å²) in [5.74, 6) is -0.0222. The fraction of sp³-hybridized carbons (Fsp3) is 0.227. The molecular formula is C22H23FN4O. The summed E-state index contributed by atoms with van der Waals surface area (Å²) in [7, 11) is 0. The van der Waals surface area contributed by atoms with Gasteiger partial charge in [0.15, 0.2) is 0 Å². The van der Waals surface area contributed by atoms with Crippen molar-refractivity contribution in [2.24, 2.45) is 0 Å². The predicted molar refractivity (Wildman–Crippen MR) is 108 cm³/mol. The number of benzene rings is 2. The number of hydrogen-bond donors (Lipinski definition) is 1. The maximum Gasteiger partial charge on any atom is 0.270 e. The van der Waals surface area contributed by atoms with Crippen molar-refractivity contribution < 1.29 is 9.18 Å². The largest absolute Gasteiger partial charge is 0.350 e. The Labute approximate surface area is 164 Å². The number of amides is 1. The average molecular weight is 378 g/mol. The van der Waals surface area contributed by atoms with E-state index < -0.39 is 0 Å². The molecule has 3 rings (SSSR count). The summed E-state index contributed by atoms with van der Waals surface area (Å²) >= 11 is 0. The van der Waals surface area contributed by atoms with Gasteiger partial charge in [0.05, 0.1) is 0 Å². The molecule has 0 saturated carbocycles. The molecule has 1 heterocycles.